The van der Waals surface area contributed by atoms with Gasteiger partial charge in [-0.25, -0.2) is 0 Å². The van der Waals surface area contributed by atoms with E-state index in [2.05, 4.69) is 66.3 Å². The predicted molar refractivity (Wildman–Crippen MR) is 137 cm³/mol. The molecule has 3 aliphatic rings. The molecule has 0 aromatic heterocycles. The van der Waals surface area contributed by atoms with Crippen LogP contribution in [0.2, 0.25) is 0 Å². The zero-order valence-corrected chi connectivity index (χ0v) is 22.0. The van der Waals surface area contributed by atoms with Gasteiger partial charge >= 0.3 is 11.9 Å². The fraction of sp³-hybridized carbons (Fsp3) is 0.667. The number of hydrogen-bond acceptors (Lipinski definition) is 2. The second kappa shape index (κ2) is 9.51. The van der Waals surface area contributed by atoms with Gasteiger partial charge in [-0.3, -0.25) is 9.59 Å². The molecular formula is C30H44O4. The van der Waals surface area contributed by atoms with Gasteiger partial charge in [0.25, 0.3) is 0 Å². The van der Waals surface area contributed by atoms with Crippen molar-refractivity contribution in [2.24, 2.45) is 34.0 Å². The SMILES string of the molecule is C=C(C)[C@@H]1CC=C2C(=CC[C@]3(C)[C@@H](C(CCC=C(C)C)C(=O)O)CC[C@@]23C)[C@@]1(C)CCC(=O)O. The summed E-state index contributed by atoms with van der Waals surface area (Å²) in [5.74, 6) is -1.42. The van der Waals surface area contributed by atoms with Crippen molar-refractivity contribution >= 4 is 11.9 Å². The van der Waals surface area contributed by atoms with Gasteiger partial charge in [0.1, 0.15) is 0 Å². The molecule has 0 heterocycles. The molecule has 0 amide bonds. The van der Waals surface area contributed by atoms with Crippen LogP contribution in [0, 0.1) is 34.0 Å². The Morgan fingerprint density at radius 2 is 1.82 bits per heavy atom. The van der Waals surface area contributed by atoms with Gasteiger partial charge in [-0.05, 0) is 105 Å². The first-order chi connectivity index (χ1) is 15.8. The van der Waals surface area contributed by atoms with Gasteiger partial charge in [-0.15, -0.1) is 0 Å². The van der Waals surface area contributed by atoms with Crippen LogP contribution in [-0.4, -0.2) is 22.2 Å². The Morgan fingerprint density at radius 1 is 1.15 bits per heavy atom. The van der Waals surface area contributed by atoms with Crippen molar-refractivity contribution in [3.8, 4) is 0 Å². The number of carboxylic acid groups (broad SMARTS) is 2. The van der Waals surface area contributed by atoms with Gasteiger partial charge in [0, 0.05) is 6.42 Å². The fourth-order valence-electron chi connectivity index (χ4n) is 7.67. The Kier molecular flexibility index (Phi) is 7.41. The fourth-order valence-corrected chi connectivity index (χ4v) is 7.67. The molecule has 0 radical (unpaired) electrons. The Balaban J connectivity index is 2.01. The van der Waals surface area contributed by atoms with Crippen molar-refractivity contribution in [1.82, 2.24) is 0 Å². The van der Waals surface area contributed by atoms with Crippen LogP contribution >= 0.6 is 0 Å². The predicted octanol–water partition coefficient (Wildman–Crippen LogP) is 7.58. The molecule has 4 nitrogen and oxygen atoms in total. The van der Waals surface area contributed by atoms with Crippen molar-refractivity contribution in [2.75, 3.05) is 0 Å². The van der Waals surface area contributed by atoms with Crippen molar-refractivity contribution in [1.29, 1.82) is 0 Å². The van der Waals surface area contributed by atoms with E-state index < -0.39 is 11.9 Å². The maximum atomic E-state index is 12.4. The molecular weight excluding hydrogens is 424 g/mol. The van der Waals surface area contributed by atoms with Gasteiger partial charge in [0.2, 0.25) is 0 Å². The zero-order valence-electron chi connectivity index (χ0n) is 22.0. The minimum atomic E-state index is -0.758. The van der Waals surface area contributed by atoms with E-state index in [1.807, 2.05) is 0 Å². The van der Waals surface area contributed by atoms with Crippen LogP contribution in [0.4, 0.5) is 0 Å². The molecule has 0 aromatic carbocycles. The normalized spacial score (nSPS) is 35.4. The summed E-state index contributed by atoms with van der Waals surface area (Å²) in [4.78, 5) is 23.9. The van der Waals surface area contributed by atoms with Crippen LogP contribution < -0.4 is 0 Å². The zero-order chi connectivity index (χ0) is 25.5. The smallest absolute Gasteiger partial charge is 0.306 e. The van der Waals surface area contributed by atoms with E-state index in [9.17, 15) is 19.8 Å². The molecule has 3 rings (SSSR count). The lowest BCUT2D eigenvalue weighted by atomic mass is 9.48. The maximum absolute atomic E-state index is 12.4. The molecule has 1 unspecified atom stereocenters. The van der Waals surface area contributed by atoms with Gasteiger partial charge in [-0.2, -0.15) is 0 Å². The Labute approximate surface area is 205 Å². The molecule has 34 heavy (non-hydrogen) atoms. The second-order valence-electron chi connectivity index (χ2n) is 12.1. The largest absolute Gasteiger partial charge is 0.481 e. The minimum absolute atomic E-state index is 0.101. The number of aliphatic carboxylic acids is 2. The summed E-state index contributed by atoms with van der Waals surface area (Å²) >= 11 is 0. The van der Waals surface area contributed by atoms with E-state index >= 15 is 0 Å². The highest BCUT2D eigenvalue weighted by Gasteiger charge is 2.62. The number of hydrogen-bond donors (Lipinski definition) is 2. The lowest BCUT2D eigenvalue weighted by molar-refractivity contribution is -0.146. The number of allylic oxidation sites excluding steroid dienone is 7. The second-order valence-corrected chi connectivity index (χ2v) is 12.1. The Hall–Kier alpha value is -2.10. The first-order valence-corrected chi connectivity index (χ1v) is 12.9. The monoisotopic (exact) mass is 468 g/mol. The van der Waals surface area contributed by atoms with Gasteiger partial charge in [0.05, 0.1) is 5.92 Å². The third kappa shape index (κ3) is 4.33. The third-order valence-electron chi connectivity index (χ3n) is 9.88. The molecule has 1 saturated carbocycles. The van der Waals surface area contributed by atoms with Gasteiger partial charge in [0.15, 0.2) is 0 Å². The molecule has 0 aromatic rings. The van der Waals surface area contributed by atoms with E-state index in [1.165, 1.54) is 16.7 Å². The van der Waals surface area contributed by atoms with Crippen LogP contribution in [0.15, 0.2) is 47.1 Å². The van der Waals surface area contributed by atoms with E-state index in [0.717, 1.165) is 37.7 Å². The third-order valence-corrected chi connectivity index (χ3v) is 9.88. The summed E-state index contributed by atoms with van der Waals surface area (Å²) in [6, 6.07) is 0. The molecule has 6 atom stereocenters. The number of fused-ring (bicyclic) bond motifs is 3. The molecule has 0 saturated heterocycles. The summed E-state index contributed by atoms with van der Waals surface area (Å²) in [7, 11) is 0. The minimum Gasteiger partial charge on any atom is -0.481 e. The number of carbonyl (C=O) groups is 2. The maximum Gasteiger partial charge on any atom is 0.306 e. The molecule has 0 aliphatic heterocycles. The summed E-state index contributed by atoms with van der Waals surface area (Å²) in [5.41, 5.74) is 4.50. The molecule has 4 heteroatoms. The summed E-state index contributed by atoms with van der Waals surface area (Å²) < 4.78 is 0. The van der Waals surface area contributed by atoms with Crippen molar-refractivity contribution < 1.29 is 19.8 Å². The van der Waals surface area contributed by atoms with E-state index in [-0.39, 0.29) is 40.4 Å². The highest BCUT2D eigenvalue weighted by Crippen LogP contribution is 2.70. The topological polar surface area (TPSA) is 74.6 Å². The van der Waals surface area contributed by atoms with Crippen molar-refractivity contribution in [2.45, 2.75) is 92.9 Å². The van der Waals surface area contributed by atoms with E-state index in [0.29, 0.717) is 12.8 Å². The molecule has 0 bridgehead atoms. The number of carboxylic acids is 2. The van der Waals surface area contributed by atoms with E-state index in [1.54, 1.807) is 0 Å². The van der Waals surface area contributed by atoms with Crippen LogP contribution in [0.1, 0.15) is 92.9 Å². The standard InChI is InChI=1S/C30H44O4/c1-19(2)9-8-10-21(27(33)34)23-13-17-30(7)25-12-11-22(20(3)4)28(5,16-15-26(31)32)24(25)14-18-29(23,30)6/h9,12,14,21-23H,3,8,10-11,13,15-18H2,1-2,4-7H3,(H,31,32)(H,33,34)/t21?,22-,23+,28-,29+,30-/m0/s1. The Bertz CT molecular complexity index is 949. The lowest BCUT2D eigenvalue weighted by Crippen LogP contribution is -2.48. The molecule has 188 valence electrons. The van der Waals surface area contributed by atoms with Gasteiger partial charge in [-0.1, -0.05) is 56.7 Å². The average Bonchev–Trinajstić information content (AvgIpc) is 3.01. The van der Waals surface area contributed by atoms with Crippen LogP contribution in [-0.2, 0) is 9.59 Å². The van der Waals surface area contributed by atoms with Crippen LogP contribution in [0.3, 0.4) is 0 Å². The van der Waals surface area contributed by atoms with Crippen LogP contribution in [0.5, 0.6) is 0 Å². The highest BCUT2D eigenvalue weighted by atomic mass is 16.4. The first kappa shape index (κ1) is 26.5. The van der Waals surface area contributed by atoms with Crippen molar-refractivity contribution in [3.63, 3.8) is 0 Å². The summed E-state index contributed by atoms with van der Waals surface area (Å²) in [5, 5.41) is 19.7. The molecule has 0 spiro atoms. The highest BCUT2D eigenvalue weighted by molar-refractivity contribution is 5.71. The first-order valence-electron chi connectivity index (χ1n) is 12.9. The summed E-state index contributed by atoms with van der Waals surface area (Å²) in [6.45, 7) is 17.3. The van der Waals surface area contributed by atoms with Crippen molar-refractivity contribution in [3.05, 3.63) is 47.1 Å². The van der Waals surface area contributed by atoms with Crippen LogP contribution in [0.25, 0.3) is 0 Å². The molecule has 3 aliphatic carbocycles. The average molecular weight is 469 g/mol. The quantitative estimate of drug-likeness (QED) is 0.342. The Morgan fingerprint density at radius 3 is 2.38 bits per heavy atom. The lowest BCUT2D eigenvalue weighted by Gasteiger charge is -2.56. The number of rotatable bonds is 9. The summed E-state index contributed by atoms with van der Waals surface area (Å²) in [6.07, 6.45) is 12.7. The van der Waals surface area contributed by atoms with E-state index in [4.69, 9.17) is 0 Å². The molecule has 2 N–H and O–H groups in total. The molecule has 1 fully saturated rings. The van der Waals surface area contributed by atoms with Gasteiger partial charge < -0.3 is 10.2 Å².